The van der Waals surface area contributed by atoms with E-state index in [2.05, 4.69) is 19.1 Å². The van der Waals surface area contributed by atoms with Crippen molar-refractivity contribution in [1.29, 1.82) is 0 Å². The predicted molar refractivity (Wildman–Crippen MR) is 67.9 cm³/mol. The SMILES string of the molecule is CCCc1ccc(O)c(C2CCCCC2)c1. The molecule has 88 valence electrons. The third-order valence-electron chi connectivity index (χ3n) is 3.68. The van der Waals surface area contributed by atoms with Crippen LogP contribution in [0.1, 0.15) is 62.5 Å². The number of benzene rings is 1. The van der Waals surface area contributed by atoms with Gasteiger partial charge >= 0.3 is 0 Å². The Balaban J connectivity index is 2.19. The first-order valence-electron chi connectivity index (χ1n) is 6.63. The molecular formula is C15H22O. The first-order chi connectivity index (χ1) is 7.81. The molecule has 16 heavy (non-hydrogen) atoms. The van der Waals surface area contributed by atoms with E-state index in [-0.39, 0.29) is 0 Å². The quantitative estimate of drug-likeness (QED) is 0.797. The average molecular weight is 218 g/mol. The minimum absolute atomic E-state index is 0.506. The number of hydrogen-bond donors (Lipinski definition) is 1. The highest BCUT2D eigenvalue weighted by molar-refractivity contribution is 5.39. The summed E-state index contributed by atoms with van der Waals surface area (Å²) < 4.78 is 0. The average Bonchev–Trinajstić information content (AvgIpc) is 2.33. The van der Waals surface area contributed by atoms with E-state index in [9.17, 15) is 5.11 Å². The molecule has 1 aliphatic carbocycles. The molecule has 1 aliphatic rings. The number of hydrogen-bond acceptors (Lipinski definition) is 1. The topological polar surface area (TPSA) is 20.2 Å². The van der Waals surface area contributed by atoms with Gasteiger partial charge in [-0.1, -0.05) is 44.7 Å². The van der Waals surface area contributed by atoms with Gasteiger partial charge in [-0.3, -0.25) is 0 Å². The van der Waals surface area contributed by atoms with E-state index in [1.54, 1.807) is 0 Å². The maximum absolute atomic E-state index is 9.96. The standard InChI is InChI=1S/C15H22O/c1-2-6-12-9-10-15(16)14(11-12)13-7-4-3-5-8-13/h9-11,13,16H,2-8H2,1H3. The highest BCUT2D eigenvalue weighted by Gasteiger charge is 2.18. The fourth-order valence-electron chi connectivity index (χ4n) is 2.79. The lowest BCUT2D eigenvalue weighted by molar-refractivity contribution is 0.414. The summed E-state index contributed by atoms with van der Waals surface area (Å²) >= 11 is 0. The van der Waals surface area contributed by atoms with Crippen LogP contribution >= 0.6 is 0 Å². The van der Waals surface area contributed by atoms with Crippen LogP contribution in [0, 0.1) is 0 Å². The van der Waals surface area contributed by atoms with Crippen LogP contribution in [0.4, 0.5) is 0 Å². The van der Waals surface area contributed by atoms with E-state index in [1.807, 2.05) is 6.07 Å². The van der Waals surface area contributed by atoms with Gasteiger partial charge < -0.3 is 5.11 Å². The van der Waals surface area contributed by atoms with Crippen LogP contribution in [0.3, 0.4) is 0 Å². The third kappa shape index (κ3) is 2.58. The minimum Gasteiger partial charge on any atom is -0.508 e. The maximum Gasteiger partial charge on any atom is 0.119 e. The molecule has 0 radical (unpaired) electrons. The molecule has 0 heterocycles. The van der Waals surface area contributed by atoms with E-state index in [0.29, 0.717) is 11.7 Å². The second-order valence-corrected chi connectivity index (χ2v) is 4.98. The molecule has 0 saturated heterocycles. The van der Waals surface area contributed by atoms with Crippen molar-refractivity contribution in [2.45, 2.75) is 57.8 Å². The van der Waals surface area contributed by atoms with Crippen LogP contribution in [0.15, 0.2) is 18.2 Å². The number of phenols is 1. The molecule has 0 atom stereocenters. The Morgan fingerprint density at radius 1 is 1.19 bits per heavy atom. The Morgan fingerprint density at radius 3 is 2.62 bits per heavy atom. The van der Waals surface area contributed by atoms with Gasteiger partial charge in [-0.25, -0.2) is 0 Å². The molecule has 0 unspecified atom stereocenters. The molecule has 1 saturated carbocycles. The van der Waals surface area contributed by atoms with Crippen LogP contribution in [0.2, 0.25) is 0 Å². The smallest absolute Gasteiger partial charge is 0.119 e. The lowest BCUT2D eigenvalue weighted by atomic mass is 9.83. The molecule has 1 N–H and O–H groups in total. The Bertz CT molecular complexity index is 337. The van der Waals surface area contributed by atoms with Crippen molar-refractivity contribution in [2.24, 2.45) is 0 Å². The molecule has 1 aromatic carbocycles. The van der Waals surface area contributed by atoms with Crippen LogP contribution in [-0.4, -0.2) is 5.11 Å². The van der Waals surface area contributed by atoms with Crippen LogP contribution in [0.25, 0.3) is 0 Å². The molecule has 1 fully saturated rings. The zero-order valence-electron chi connectivity index (χ0n) is 10.2. The van der Waals surface area contributed by atoms with Crippen molar-refractivity contribution in [3.8, 4) is 5.75 Å². The zero-order chi connectivity index (χ0) is 11.4. The summed E-state index contributed by atoms with van der Waals surface area (Å²) in [5.41, 5.74) is 2.58. The normalized spacial score (nSPS) is 17.6. The molecule has 1 aromatic rings. The summed E-state index contributed by atoms with van der Waals surface area (Å²) in [7, 11) is 0. The molecule has 0 spiro atoms. The Kier molecular flexibility index (Phi) is 3.87. The summed E-state index contributed by atoms with van der Waals surface area (Å²) in [6.07, 6.45) is 8.82. The maximum atomic E-state index is 9.96. The van der Waals surface area contributed by atoms with Gasteiger partial charge in [0.2, 0.25) is 0 Å². The fraction of sp³-hybridized carbons (Fsp3) is 0.600. The van der Waals surface area contributed by atoms with Crippen molar-refractivity contribution >= 4 is 0 Å². The van der Waals surface area contributed by atoms with Crippen LogP contribution in [-0.2, 0) is 6.42 Å². The largest absolute Gasteiger partial charge is 0.508 e. The lowest BCUT2D eigenvalue weighted by Crippen LogP contribution is -2.05. The first-order valence-corrected chi connectivity index (χ1v) is 6.63. The second-order valence-electron chi connectivity index (χ2n) is 4.98. The summed E-state index contributed by atoms with van der Waals surface area (Å²) in [5, 5.41) is 9.96. The zero-order valence-corrected chi connectivity index (χ0v) is 10.2. The van der Waals surface area contributed by atoms with Gasteiger partial charge in [0, 0.05) is 0 Å². The van der Waals surface area contributed by atoms with Gasteiger partial charge in [0.1, 0.15) is 5.75 Å². The van der Waals surface area contributed by atoms with Crippen LogP contribution < -0.4 is 0 Å². The first kappa shape index (κ1) is 11.5. The van der Waals surface area contributed by atoms with Gasteiger partial charge in [0.15, 0.2) is 0 Å². The predicted octanol–water partition coefficient (Wildman–Crippen LogP) is 4.39. The van der Waals surface area contributed by atoms with Gasteiger partial charge in [-0.2, -0.15) is 0 Å². The second kappa shape index (κ2) is 5.38. The molecular weight excluding hydrogens is 196 g/mol. The highest BCUT2D eigenvalue weighted by atomic mass is 16.3. The number of aryl methyl sites for hydroxylation is 1. The van der Waals surface area contributed by atoms with E-state index in [4.69, 9.17) is 0 Å². The van der Waals surface area contributed by atoms with E-state index in [1.165, 1.54) is 49.7 Å². The van der Waals surface area contributed by atoms with E-state index >= 15 is 0 Å². The lowest BCUT2D eigenvalue weighted by Gasteiger charge is -2.23. The third-order valence-corrected chi connectivity index (χ3v) is 3.68. The Labute approximate surface area is 98.5 Å². The molecule has 1 heteroatoms. The molecule has 0 bridgehead atoms. The van der Waals surface area contributed by atoms with Crippen molar-refractivity contribution in [2.75, 3.05) is 0 Å². The highest BCUT2D eigenvalue weighted by Crippen LogP contribution is 2.37. The van der Waals surface area contributed by atoms with E-state index in [0.717, 1.165) is 6.42 Å². The monoisotopic (exact) mass is 218 g/mol. The number of aromatic hydroxyl groups is 1. The number of phenolic OH excluding ortho intramolecular Hbond substituents is 1. The summed E-state index contributed by atoms with van der Waals surface area (Å²) in [5.74, 6) is 1.11. The van der Waals surface area contributed by atoms with Crippen LogP contribution in [0.5, 0.6) is 5.75 Å². The summed E-state index contributed by atoms with van der Waals surface area (Å²) in [6.45, 7) is 2.20. The minimum atomic E-state index is 0.506. The summed E-state index contributed by atoms with van der Waals surface area (Å²) in [4.78, 5) is 0. The van der Waals surface area contributed by atoms with E-state index < -0.39 is 0 Å². The molecule has 2 rings (SSSR count). The Morgan fingerprint density at radius 2 is 1.94 bits per heavy atom. The molecule has 0 aliphatic heterocycles. The summed E-state index contributed by atoms with van der Waals surface area (Å²) in [6, 6.07) is 6.18. The van der Waals surface area contributed by atoms with Crippen molar-refractivity contribution in [1.82, 2.24) is 0 Å². The Hall–Kier alpha value is -0.980. The molecule has 0 aromatic heterocycles. The number of rotatable bonds is 3. The van der Waals surface area contributed by atoms with Gasteiger partial charge in [-0.15, -0.1) is 0 Å². The van der Waals surface area contributed by atoms with Crippen molar-refractivity contribution < 1.29 is 5.11 Å². The van der Waals surface area contributed by atoms with Gasteiger partial charge in [-0.05, 0) is 42.4 Å². The van der Waals surface area contributed by atoms with Crippen molar-refractivity contribution in [3.05, 3.63) is 29.3 Å². The van der Waals surface area contributed by atoms with Gasteiger partial charge in [0.25, 0.3) is 0 Å². The van der Waals surface area contributed by atoms with Gasteiger partial charge in [0.05, 0.1) is 0 Å². The molecule has 1 nitrogen and oxygen atoms in total. The fourth-order valence-corrected chi connectivity index (χ4v) is 2.79. The molecule has 0 amide bonds. The van der Waals surface area contributed by atoms with Crippen molar-refractivity contribution in [3.63, 3.8) is 0 Å².